The van der Waals surface area contributed by atoms with Crippen molar-refractivity contribution in [2.75, 3.05) is 39.2 Å². The smallest absolute Gasteiger partial charge is 0.159 e. The van der Waals surface area contributed by atoms with Crippen LogP contribution in [0.2, 0.25) is 0 Å². The van der Waals surface area contributed by atoms with Crippen molar-refractivity contribution in [2.24, 2.45) is 0 Å². The van der Waals surface area contributed by atoms with Crippen LogP contribution in [-0.2, 0) is 31.4 Å². The molecule has 136 valence electrons. The molecule has 1 aliphatic rings. The fourth-order valence-electron chi connectivity index (χ4n) is 2.44. The summed E-state index contributed by atoms with van der Waals surface area (Å²) in [6, 6.07) is 10.6. The molecule has 1 unspecified atom stereocenters. The third-order valence-corrected chi connectivity index (χ3v) is 6.40. The van der Waals surface area contributed by atoms with E-state index in [4.69, 9.17) is 13.7 Å². The van der Waals surface area contributed by atoms with Crippen molar-refractivity contribution in [2.45, 2.75) is 44.8 Å². The van der Waals surface area contributed by atoms with Gasteiger partial charge in [0.25, 0.3) is 0 Å². The van der Waals surface area contributed by atoms with Crippen LogP contribution >= 0.6 is 0 Å². The lowest BCUT2D eigenvalue weighted by molar-refractivity contribution is -0.0522. The van der Waals surface area contributed by atoms with E-state index in [0.29, 0.717) is 0 Å². The molecule has 1 fully saturated rings. The molecule has 2 rings (SSSR count). The molecule has 1 atom stereocenters. The number of rotatable bonds is 9. The van der Waals surface area contributed by atoms with E-state index in [1.54, 1.807) is 0 Å². The number of benzene rings is 1. The summed E-state index contributed by atoms with van der Waals surface area (Å²) < 4.78 is 17.4. The van der Waals surface area contributed by atoms with Gasteiger partial charge in [-0.2, -0.15) is 4.18 Å². The molecule has 0 radical (unpaired) electrons. The van der Waals surface area contributed by atoms with Gasteiger partial charge < -0.3 is 9.47 Å². The zero-order chi connectivity index (χ0) is 17.4. The monoisotopic (exact) mass is 354 g/mol. The normalized spacial score (nSPS) is 17.5. The molecule has 0 saturated carbocycles. The SMILES string of the molecule is C[S+](OCCN(CCC1OCCO1)Cc1ccccc1)C(C)(C)C. The summed E-state index contributed by atoms with van der Waals surface area (Å²) >= 11 is -0.0322. The van der Waals surface area contributed by atoms with Crippen LogP contribution < -0.4 is 0 Å². The first-order valence-corrected chi connectivity index (χ1v) is 10.3. The Bertz CT molecular complexity index is 457. The number of ether oxygens (including phenoxy) is 2. The lowest BCUT2D eigenvalue weighted by Gasteiger charge is -2.24. The van der Waals surface area contributed by atoms with Crippen molar-refractivity contribution in [3.63, 3.8) is 0 Å². The van der Waals surface area contributed by atoms with Crippen LogP contribution in [-0.4, -0.2) is 55.1 Å². The lowest BCUT2D eigenvalue weighted by atomic mass is 10.2. The van der Waals surface area contributed by atoms with Gasteiger partial charge in [0.05, 0.1) is 13.2 Å². The summed E-state index contributed by atoms with van der Waals surface area (Å²) in [5.74, 6) is 0. The Balaban J connectivity index is 1.82. The van der Waals surface area contributed by atoms with Gasteiger partial charge in [0.1, 0.15) is 24.0 Å². The predicted molar refractivity (Wildman–Crippen MR) is 101 cm³/mol. The standard InChI is InChI=1S/C19H32NO3S/c1-19(2,3)24(4)23-13-12-20(11-10-18-21-14-15-22-18)16-17-8-6-5-7-9-17/h5-9,18H,10-16H2,1-4H3/q+1. The van der Waals surface area contributed by atoms with E-state index in [0.717, 1.165) is 45.9 Å². The molecule has 0 amide bonds. The molecule has 1 aromatic rings. The summed E-state index contributed by atoms with van der Waals surface area (Å²) in [5, 5.41) is 0. The van der Waals surface area contributed by atoms with E-state index in [2.05, 4.69) is 62.3 Å². The van der Waals surface area contributed by atoms with Crippen LogP contribution in [0.25, 0.3) is 0 Å². The molecule has 1 aliphatic heterocycles. The maximum Gasteiger partial charge on any atom is 0.159 e. The molecule has 4 nitrogen and oxygen atoms in total. The van der Waals surface area contributed by atoms with Crippen LogP contribution in [0, 0.1) is 0 Å². The highest BCUT2D eigenvalue weighted by Crippen LogP contribution is 2.18. The molecule has 5 heteroatoms. The van der Waals surface area contributed by atoms with Crippen molar-refractivity contribution < 1.29 is 13.7 Å². The minimum atomic E-state index is -0.0421. The third-order valence-electron chi connectivity index (χ3n) is 4.15. The largest absolute Gasteiger partial charge is 0.350 e. The summed E-state index contributed by atoms with van der Waals surface area (Å²) in [4.78, 5) is 2.43. The number of nitrogens with zero attached hydrogens (tertiary/aromatic N) is 1. The van der Waals surface area contributed by atoms with E-state index in [9.17, 15) is 0 Å². The first kappa shape index (κ1) is 19.7. The van der Waals surface area contributed by atoms with Gasteiger partial charge >= 0.3 is 0 Å². The average molecular weight is 355 g/mol. The molecular formula is C19H32NO3S+. The molecule has 24 heavy (non-hydrogen) atoms. The fraction of sp³-hybridized carbons (Fsp3) is 0.684. The fourth-order valence-corrected chi connectivity index (χ4v) is 3.12. The highest BCUT2D eigenvalue weighted by Gasteiger charge is 2.32. The van der Waals surface area contributed by atoms with Crippen molar-refractivity contribution in [1.82, 2.24) is 4.90 Å². The van der Waals surface area contributed by atoms with Gasteiger partial charge in [-0.3, -0.25) is 4.90 Å². The first-order valence-electron chi connectivity index (χ1n) is 8.74. The van der Waals surface area contributed by atoms with E-state index >= 15 is 0 Å². The Labute approximate surface area is 150 Å². The van der Waals surface area contributed by atoms with Crippen LogP contribution in [0.4, 0.5) is 0 Å². The zero-order valence-electron chi connectivity index (χ0n) is 15.5. The minimum absolute atomic E-state index is 0.0322. The second-order valence-corrected chi connectivity index (χ2v) is 9.48. The number of hydrogen-bond donors (Lipinski definition) is 0. The van der Waals surface area contributed by atoms with E-state index in [1.807, 2.05) is 0 Å². The van der Waals surface area contributed by atoms with Crippen LogP contribution in [0.5, 0.6) is 0 Å². The molecule has 0 spiro atoms. The molecule has 0 N–H and O–H groups in total. The van der Waals surface area contributed by atoms with Gasteiger partial charge in [0, 0.05) is 26.1 Å². The van der Waals surface area contributed by atoms with E-state index in [-0.39, 0.29) is 22.2 Å². The molecule has 1 saturated heterocycles. The Kier molecular flexibility index (Phi) is 8.04. The Morgan fingerprint density at radius 1 is 1.12 bits per heavy atom. The Hall–Kier alpha value is -0.590. The van der Waals surface area contributed by atoms with Crippen LogP contribution in [0.1, 0.15) is 32.8 Å². The van der Waals surface area contributed by atoms with Gasteiger partial charge in [-0.05, 0) is 26.3 Å². The maximum absolute atomic E-state index is 6.07. The Morgan fingerprint density at radius 2 is 1.79 bits per heavy atom. The van der Waals surface area contributed by atoms with Crippen molar-refractivity contribution >= 4 is 11.2 Å². The summed E-state index contributed by atoms with van der Waals surface area (Å²) in [7, 11) is 0. The van der Waals surface area contributed by atoms with E-state index < -0.39 is 0 Å². The first-order chi connectivity index (χ1) is 11.4. The van der Waals surface area contributed by atoms with Crippen molar-refractivity contribution in [1.29, 1.82) is 0 Å². The summed E-state index contributed by atoms with van der Waals surface area (Å²) in [6.45, 7) is 11.7. The number of hydrogen-bond acceptors (Lipinski definition) is 4. The molecule has 1 aromatic carbocycles. The third kappa shape index (κ3) is 7.11. The highest BCUT2D eigenvalue weighted by atomic mass is 32.2. The van der Waals surface area contributed by atoms with Crippen LogP contribution in [0.15, 0.2) is 30.3 Å². The molecule has 0 aliphatic carbocycles. The van der Waals surface area contributed by atoms with Crippen molar-refractivity contribution in [3.8, 4) is 0 Å². The zero-order valence-corrected chi connectivity index (χ0v) is 16.3. The average Bonchev–Trinajstić information content (AvgIpc) is 3.06. The minimum Gasteiger partial charge on any atom is -0.350 e. The summed E-state index contributed by atoms with van der Waals surface area (Å²) in [6.07, 6.45) is 3.05. The van der Waals surface area contributed by atoms with Crippen molar-refractivity contribution in [3.05, 3.63) is 35.9 Å². The lowest BCUT2D eigenvalue weighted by Crippen LogP contribution is -2.34. The van der Waals surface area contributed by atoms with Gasteiger partial charge in [-0.25, -0.2) is 0 Å². The summed E-state index contributed by atoms with van der Waals surface area (Å²) in [5.41, 5.74) is 1.33. The molecule has 0 bridgehead atoms. The topological polar surface area (TPSA) is 30.9 Å². The van der Waals surface area contributed by atoms with Gasteiger partial charge in [0.2, 0.25) is 0 Å². The van der Waals surface area contributed by atoms with Gasteiger partial charge in [-0.15, -0.1) is 0 Å². The molecular weight excluding hydrogens is 322 g/mol. The quantitative estimate of drug-likeness (QED) is 0.637. The highest BCUT2D eigenvalue weighted by molar-refractivity contribution is 7.93. The van der Waals surface area contributed by atoms with Crippen LogP contribution in [0.3, 0.4) is 0 Å². The Morgan fingerprint density at radius 3 is 2.42 bits per heavy atom. The van der Waals surface area contributed by atoms with E-state index in [1.165, 1.54) is 5.56 Å². The van der Waals surface area contributed by atoms with Gasteiger partial charge in [0.15, 0.2) is 11.0 Å². The van der Waals surface area contributed by atoms with Gasteiger partial charge in [-0.1, -0.05) is 30.3 Å². The maximum atomic E-state index is 6.07. The molecule has 0 aromatic heterocycles. The molecule has 1 heterocycles. The second kappa shape index (κ2) is 9.78. The predicted octanol–water partition coefficient (Wildman–Crippen LogP) is 3.23. The second-order valence-electron chi connectivity index (χ2n) is 7.11.